The number of pyridine rings is 1. The lowest BCUT2D eigenvalue weighted by Gasteiger charge is -2.22. The number of rotatable bonds is 8. The molecule has 1 amide bonds. The van der Waals surface area contributed by atoms with Crippen molar-refractivity contribution in [1.82, 2.24) is 10.1 Å². The minimum absolute atomic E-state index is 0.200. The zero-order valence-corrected chi connectivity index (χ0v) is 21.2. The van der Waals surface area contributed by atoms with Crippen LogP contribution in [0.25, 0.3) is 11.3 Å². The molecule has 37 heavy (non-hydrogen) atoms. The largest absolute Gasteiger partial charge is 0.493 e. The van der Waals surface area contributed by atoms with Crippen LogP contribution in [0.4, 0.5) is 5.82 Å². The SMILES string of the molecule is COc1cc(CN(C(=O)c2cc(-c3ccc4c(c3)CCCC4)on2)c2ccccn2)cc(OC)c1OC. The lowest BCUT2D eigenvalue weighted by molar-refractivity contribution is 0.0975. The third kappa shape index (κ3) is 5.00. The number of hydrogen-bond donors (Lipinski definition) is 0. The summed E-state index contributed by atoms with van der Waals surface area (Å²) in [6, 6.07) is 17.1. The molecule has 2 aromatic carbocycles. The third-order valence-corrected chi connectivity index (χ3v) is 6.60. The van der Waals surface area contributed by atoms with Crippen molar-refractivity contribution in [2.75, 3.05) is 26.2 Å². The van der Waals surface area contributed by atoms with Crippen LogP contribution in [0.5, 0.6) is 17.2 Å². The molecule has 1 aliphatic carbocycles. The van der Waals surface area contributed by atoms with E-state index in [9.17, 15) is 4.79 Å². The number of methoxy groups -OCH3 is 3. The van der Waals surface area contributed by atoms with Gasteiger partial charge in [-0.1, -0.05) is 23.4 Å². The first-order chi connectivity index (χ1) is 18.1. The minimum atomic E-state index is -0.333. The van der Waals surface area contributed by atoms with E-state index >= 15 is 0 Å². The Hall–Kier alpha value is -4.33. The molecule has 0 spiro atoms. The number of anilines is 1. The van der Waals surface area contributed by atoms with E-state index in [-0.39, 0.29) is 18.1 Å². The summed E-state index contributed by atoms with van der Waals surface area (Å²) in [5.41, 5.74) is 4.61. The lowest BCUT2D eigenvalue weighted by Crippen LogP contribution is -2.31. The second-order valence-electron chi connectivity index (χ2n) is 8.88. The fourth-order valence-electron chi connectivity index (χ4n) is 4.72. The van der Waals surface area contributed by atoms with Crippen LogP contribution >= 0.6 is 0 Å². The summed E-state index contributed by atoms with van der Waals surface area (Å²) in [4.78, 5) is 19.7. The number of amides is 1. The molecule has 8 nitrogen and oxygen atoms in total. The van der Waals surface area contributed by atoms with Crippen LogP contribution in [0.1, 0.15) is 40.0 Å². The summed E-state index contributed by atoms with van der Waals surface area (Å²) in [7, 11) is 4.66. The van der Waals surface area contributed by atoms with Crippen molar-refractivity contribution in [1.29, 1.82) is 0 Å². The fourth-order valence-corrected chi connectivity index (χ4v) is 4.72. The Balaban J connectivity index is 1.47. The van der Waals surface area contributed by atoms with Crippen LogP contribution in [0.15, 0.2) is 65.3 Å². The third-order valence-electron chi connectivity index (χ3n) is 6.60. The number of benzene rings is 2. The molecule has 0 bridgehead atoms. The number of nitrogens with zero attached hydrogens (tertiary/aromatic N) is 3. The van der Waals surface area contributed by atoms with E-state index in [2.05, 4.69) is 22.3 Å². The number of fused-ring (bicyclic) bond motifs is 1. The van der Waals surface area contributed by atoms with E-state index in [0.717, 1.165) is 24.0 Å². The number of hydrogen-bond acceptors (Lipinski definition) is 7. The van der Waals surface area contributed by atoms with Gasteiger partial charge in [0.15, 0.2) is 23.0 Å². The maximum Gasteiger partial charge on any atom is 0.281 e. The molecule has 1 aliphatic rings. The molecule has 8 heteroatoms. The molecule has 0 saturated carbocycles. The Morgan fingerprint density at radius 2 is 1.68 bits per heavy atom. The maximum atomic E-state index is 13.7. The van der Waals surface area contributed by atoms with Crippen molar-refractivity contribution in [3.05, 3.63) is 83.2 Å². The van der Waals surface area contributed by atoms with Gasteiger partial charge in [0.2, 0.25) is 5.75 Å². The Morgan fingerprint density at radius 3 is 2.35 bits per heavy atom. The van der Waals surface area contributed by atoms with Gasteiger partial charge < -0.3 is 18.7 Å². The molecule has 0 radical (unpaired) electrons. The van der Waals surface area contributed by atoms with Crippen LogP contribution in [0.3, 0.4) is 0 Å². The van der Waals surface area contributed by atoms with E-state index in [4.69, 9.17) is 18.7 Å². The van der Waals surface area contributed by atoms with E-state index < -0.39 is 0 Å². The van der Waals surface area contributed by atoms with Gasteiger partial charge in [-0.05, 0) is 72.7 Å². The van der Waals surface area contributed by atoms with Gasteiger partial charge in [0.1, 0.15) is 5.82 Å². The first kappa shape index (κ1) is 24.4. The number of ether oxygens (including phenoxy) is 3. The van der Waals surface area contributed by atoms with Crippen molar-refractivity contribution in [3.8, 4) is 28.6 Å². The van der Waals surface area contributed by atoms with Crippen molar-refractivity contribution >= 4 is 11.7 Å². The molecule has 0 aliphatic heterocycles. The molecule has 2 aromatic heterocycles. The topological polar surface area (TPSA) is 86.9 Å². The van der Waals surface area contributed by atoms with Crippen molar-refractivity contribution in [2.24, 2.45) is 0 Å². The van der Waals surface area contributed by atoms with Gasteiger partial charge in [0.25, 0.3) is 5.91 Å². The molecule has 2 heterocycles. The second-order valence-corrected chi connectivity index (χ2v) is 8.88. The average Bonchev–Trinajstić information content (AvgIpc) is 3.45. The van der Waals surface area contributed by atoms with Crippen molar-refractivity contribution < 1.29 is 23.5 Å². The molecular weight excluding hydrogens is 470 g/mol. The standard InChI is InChI=1S/C29H29N3O5/c1-34-25-14-19(15-26(35-2)28(25)36-3)18-32(27-10-6-7-13-30-27)29(33)23-17-24(37-31-23)22-12-11-20-8-4-5-9-21(20)16-22/h6-7,10-17H,4-5,8-9,18H2,1-3H3. The minimum Gasteiger partial charge on any atom is -0.493 e. The van der Waals surface area contributed by atoms with Crippen molar-refractivity contribution in [2.45, 2.75) is 32.2 Å². The summed E-state index contributed by atoms with van der Waals surface area (Å²) in [6.45, 7) is 0.202. The Morgan fingerprint density at radius 1 is 0.919 bits per heavy atom. The Bertz CT molecular complexity index is 1370. The van der Waals surface area contributed by atoms with Gasteiger partial charge in [0.05, 0.1) is 27.9 Å². The van der Waals surface area contributed by atoms with E-state index in [1.807, 2.05) is 24.3 Å². The summed E-state index contributed by atoms with van der Waals surface area (Å²) < 4.78 is 22.0. The molecule has 0 unspecified atom stereocenters. The summed E-state index contributed by atoms with van der Waals surface area (Å²) in [6.07, 6.45) is 6.23. The summed E-state index contributed by atoms with van der Waals surface area (Å²) >= 11 is 0. The van der Waals surface area contributed by atoms with Crippen LogP contribution < -0.4 is 19.1 Å². The molecular formula is C29H29N3O5. The molecule has 0 saturated heterocycles. The highest BCUT2D eigenvalue weighted by Crippen LogP contribution is 2.39. The predicted octanol–water partition coefficient (Wildman–Crippen LogP) is 5.49. The highest BCUT2D eigenvalue weighted by atomic mass is 16.5. The predicted molar refractivity (Wildman–Crippen MR) is 139 cm³/mol. The smallest absolute Gasteiger partial charge is 0.281 e. The molecule has 0 atom stereocenters. The van der Waals surface area contributed by atoms with Gasteiger partial charge in [-0.2, -0.15) is 0 Å². The number of aryl methyl sites for hydroxylation is 2. The zero-order valence-electron chi connectivity index (χ0n) is 21.2. The Labute approximate surface area is 215 Å². The molecule has 0 N–H and O–H groups in total. The van der Waals surface area contributed by atoms with Crippen molar-refractivity contribution in [3.63, 3.8) is 0 Å². The zero-order chi connectivity index (χ0) is 25.8. The van der Waals surface area contributed by atoms with Crippen LogP contribution in [-0.4, -0.2) is 37.4 Å². The summed E-state index contributed by atoms with van der Waals surface area (Å²) in [5, 5.41) is 4.12. The number of aromatic nitrogens is 2. The lowest BCUT2D eigenvalue weighted by atomic mass is 9.90. The van der Waals surface area contributed by atoms with Gasteiger partial charge in [-0.3, -0.25) is 9.69 Å². The Kier molecular flexibility index (Phi) is 7.07. The average molecular weight is 500 g/mol. The van der Waals surface area contributed by atoms with Gasteiger partial charge >= 0.3 is 0 Å². The van der Waals surface area contributed by atoms with Gasteiger partial charge in [-0.25, -0.2) is 4.98 Å². The maximum absolute atomic E-state index is 13.7. The highest BCUT2D eigenvalue weighted by molar-refractivity contribution is 6.04. The monoisotopic (exact) mass is 499 g/mol. The van der Waals surface area contributed by atoms with Crippen LogP contribution in [-0.2, 0) is 19.4 Å². The second kappa shape index (κ2) is 10.7. The van der Waals surface area contributed by atoms with Crippen LogP contribution in [0, 0.1) is 0 Å². The molecule has 0 fully saturated rings. The molecule has 5 rings (SSSR count). The van der Waals surface area contributed by atoms with E-state index in [0.29, 0.717) is 28.8 Å². The first-order valence-corrected chi connectivity index (χ1v) is 12.2. The van der Waals surface area contributed by atoms with Crippen LogP contribution in [0.2, 0.25) is 0 Å². The van der Waals surface area contributed by atoms with E-state index in [1.54, 1.807) is 50.6 Å². The number of carbonyl (C=O) groups excluding carboxylic acids is 1. The highest BCUT2D eigenvalue weighted by Gasteiger charge is 2.25. The first-order valence-electron chi connectivity index (χ1n) is 12.2. The normalized spacial score (nSPS) is 12.5. The quantitative estimate of drug-likeness (QED) is 0.317. The van der Waals surface area contributed by atoms with E-state index in [1.165, 1.54) is 24.0 Å². The number of carbonyl (C=O) groups is 1. The van der Waals surface area contributed by atoms with Gasteiger partial charge in [-0.15, -0.1) is 0 Å². The summed E-state index contributed by atoms with van der Waals surface area (Å²) in [5.74, 6) is 2.20. The van der Waals surface area contributed by atoms with Gasteiger partial charge in [0, 0.05) is 17.8 Å². The fraction of sp³-hybridized carbons (Fsp3) is 0.276. The molecule has 190 valence electrons. The molecule has 4 aromatic rings.